The van der Waals surface area contributed by atoms with Gasteiger partial charge in [-0.2, -0.15) is 0 Å². The summed E-state index contributed by atoms with van der Waals surface area (Å²) >= 11 is 0. The van der Waals surface area contributed by atoms with Gasteiger partial charge in [0.2, 0.25) is 0 Å². The van der Waals surface area contributed by atoms with Crippen molar-refractivity contribution >= 4 is 5.90 Å². The third-order valence-electron chi connectivity index (χ3n) is 3.00. The van der Waals surface area contributed by atoms with Gasteiger partial charge >= 0.3 is 0 Å². The minimum Gasteiger partial charge on any atom is -0.478 e. The Bertz CT molecular complexity index is 404. The van der Waals surface area contributed by atoms with Gasteiger partial charge in [0, 0.05) is 0 Å². The predicted molar refractivity (Wildman–Crippen MR) is 66.9 cm³/mol. The maximum absolute atomic E-state index is 5.74. The molecule has 0 fully saturated rings. The lowest BCUT2D eigenvalue weighted by molar-refractivity contribution is 0.263. The Morgan fingerprint density at radius 3 is 2.31 bits per heavy atom. The highest BCUT2D eigenvalue weighted by Gasteiger charge is 2.36. The summed E-state index contributed by atoms with van der Waals surface area (Å²) in [5.41, 5.74) is 1.02. The summed E-state index contributed by atoms with van der Waals surface area (Å²) in [4.78, 5) is 4.66. The van der Waals surface area contributed by atoms with Crippen LogP contribution in [0.1, 0.15) is 33.3 Å². The molecule has 16 heavy (non-hydrogen) atoms. The van der Waals surface area contributed by atoms with E-state index in [1.54, 1.807) is 0 Å². The van der Waals surface area contributed by atoms with Gasteiger partial charge in [0.05, 0.1) is 11.0 Å². The number of ether oxygens (including phenoxy) is 1. The smallest absolute Gasteiger partial charge is 0.194 e. The minimum atomic E-state index is -0.144. The van der Waals surface area contributed by atoms with Crippen LogP contribution in [0.5, 0.6) is 0 Å². The Labute approximate surface area is 97.4 Å². The molecule has 1 aromatic carbocycles. The van der Waals surface area contributed by atoms with Gasteiger partial charge in [-0.05, 0) is 33.3 Å². The lowest BCUT2D eigenvalue weighted by Gasteiger charge is -2.24. The number of nitrogens with zero attached hydrogens (tertiary/aromatic N) is 1. The van der Waals surface area contributed by atoms with Gasteiger partial charge in [0.25, 0.3) is 0 Å². The average molecular weight is 217 g/mol. The van der Waals surface area contributed by atoms with Crippen molar-refractivity contribution in [3.63, 3.8) is 0 Å². The Balaban J connectivity index is 2.34. The van der Waals surface area contributed by atoms with Gasteiger partial charge in [-0.25, -0.2) is 4.99 Å². The van der Waals surface area contributed by atoms with Crippen molar-refractivity contribution in [3.8, 4) is 0 Å². The van der Waals surface area contributed by atoms with Crippen LogP contribution in [-0.4, -0.2) is 18.0 Å². The van der Waals surface area contributed by atoms with E-state index in [9.17, 15) is 0 Å². The highest BCUT2D eigenvalue weighted by molar-refractivity contribution is 5.88. The fraction of sp³-hybridized carbons (Fsp3) is 0.500. The third kappa shape index (κ3) is 1.97. The molecule has 1 aliphatic rings. The summed E-state index contributed by atoms with van der Waals surface area (Å²) < 4.78 is 5.74. The normalized spacial score (nSPS) is 19.1. The van der Waals surface area contributed by atoms with E-state index in [2.05, 4.69) is 57.0 Å². The molecule has 0 N–H and O–H groups in total. The predicted octanol–water partition coefficient (Wildman–Crippen LogP) is 3.17. The van der Waals surface area contributed by atoms with Crippen molar-refractivity contribution in [1.29, 1.82) is 0 Å². The Kier molecular flexibility index (Phi) is 2.53. The van der Waals surface area contributed by atoms with Crippen molar-refractivity contribution in [2.45, 2.75) is 38.6 Å². The molecule has 2 nitrogen and oxygen atoms in total. The van der Waals surface area contributed by atoms with Crippen LogP contribution in [0.3, 0.4) is 0 Å². The van der Waals surface area contributed by atoms with Crippen molar-refractivity contribution in [3.05, 3.63) is 35.9 Å². The molecule has 0 saturated heterocycles. The monoisotopic (exact) mass is 217 g/mol. The van der Waals surface area contributed by atoms with Crippen LogP contribution in [0.2, 0.25) is 0 Å². The number of hydrogen-bond donors (Lipinski definition) is 0. The second-order valence-corrected chi connectivity index (χ2v) is 5.51. The van der Waals surface area contributed by atoms with Crippen LogP contribution >= 0.6 is 0 Å². The highest BCUT2D eigenvalue weighted by Crippen LogP contribution is 2.31. The van der Waals surface area contributed by atoms with Crippen molar-refractivity contribution in [2.75, 3.05) is 6.61 Å². The molecule has 0 atom stereocenters. The van der Waals surface area contributed by atoms with E-state index in [0.29, 0.717) is 6.61 Å². The average Bonchev–Trinajstić information content (AvgIpc) is 2.61. The van der Waals surface area contributed by atoms with Gasteiger partial charge in [-0.3, -0.25) is 0 Å². The molecule has 2 rings (SSSR count). The first kappa shape index (κ1) is 11.2. The molecule has 0 unspecified atom stereocenters. The fourth-order valence-corrected chi connectivity index (χ4v) is 1.88. The van der Waals surface area contributed by atoms with Crippen molar-refractivity contribution in [2.24, 2.45) is 4.99 Å². The molecule has 86 valence electrons. The highest BCUT2D eigenvalue weighted by atomic mass is 16.5. The van der Waals surface area contributed by atoms with Crippen molar-refractivity contribution < 1.29 is 4.74 Å². The number of aliphatic imine (C=N–C) groups is 1. The number of benzene rings is 1. The van der Waals surface area contributed by atoms with Crippen LogP contribution in [0, 0.1) is 0 Å². The van der Waals surface area contributed by atoms with E-state index < -0.39 is 0 Å². The zero-order valence-electron chi connectivity index (χ0n) is 10.4. The van der Waals surface area contributed by atoms with E-state index in [1.165, 1.54) is 5.56 Å². The summed E-state index contributed by atoms with van der Waals surface area (Å²) in [6.07, 6.45) is 0. The first-order valence-corrected chi connectivity index (χ1v) is 5.70. The van der Waals surface area contributed by atoms with Crippen molar-refractivity contribution in [1.82, 2.24) is 0 Å². The van der Waals surface area contributed by atoms with Gasteiger partial charge in [-0.1, -0.05) is 30.3 Å². The first-order valence-electron chi connectivity index (χ1n) is 5.70. The summed E-state index contributed by atoms with van der Waals surface area (Å²) in [6.45, 7) is 9.19. The molecule has 2 heteroatoms. The first-order chi connectivity index (χ1) is 7.42. The zero-order valence-corrected chi connectivity index (χ0v) is 10.4. The maximum Gasteiger partial charge on any atom is 0.194 e. The van der Waals surface area contributed by atoms with Gasteiger partial charge in [-0.15, -0.1) is 0 Å². The Hall–Kier alpha value is -1.31. The van der Waals surface area contributed by atoms with Gasteiger partial charge < -0.3 is 4.74 Å². The van der Waals surface area contributed by atoms with E-state index in [1.807, 2.05) is 6.07 Å². The largest absolute Gasteiger partial charge is 0.478 e. The Morgan fingerprint density at radius 2 is 1.81 bits per heavy atom. The molecule has 0 aromatic heterocycles. The standard InChI is InChI=1S/C14H19NO/c1-13(2)10-16-12(15-13)14(3,4)11-8-6-5-7-9-11/h5-9H,10H2,1-4H3. The van der Waals surface area contributed by atoms with Crippen LogP contribution in [0.25, 0.3) is 0 Å². The van der Waals surface area contributed by atoms with Crippen LogP contribution in [0.4, 0.5) is 0 Å². The van der Waals surface area contributed by atoms with E-state index >= 15 is 0 Å². The third-order valence-corrected chi connectivity index (χ3v) is 3.00. The summed E-state index contributed by atoms with van der Waals surface area (Å²) in [5.74, 6) is 0.851. The summed E-state index contributed by atoms with van der Waals surface area (Å²) in [6, 6.07) is 10.4. The van der Waals surface area contributed by atoms with E-state index in [4.69, 9.17) is 4.74 Å². The molecule has 0 radical (unpaired) electrons. The number of hydrogen-bond acceptors (Lipinski definition) is 2. The molecule has 0 spiro atoms. The lowest BCUT2D eigenvalue weighted by atomic mass is 9.84. The molecular weight excluding hydrogens is 198 g/mol. The molecule has 1 aliphatic heterocycles. The molecule has 1 heterocycles. The van der Waals surface area contributed by atoms with E-state index in [0.717, 1.165) is 5.90 Å². The second kappa shape index (κ2) is 3.62. The summed E-state index contributed by atoms with van der Waals surface area (Å²) in [7, 11) is 0. The molecule has 0 bridgehead atoms. The Morgan fingerprint density at radius 1 is 1.19 bits per heavy atom. The van der Waals surface area contributed by atoms with Crippen LogP contribution < -0.4 is 0 Å². The van der Waals surface area contributed by atoms with Crippen LogP contribution in [-0.2, 0) is 10.2 Å². The topological polar surface area (TPSA) is 21.6 Å². The van der Waals surface area contributed by atoms with Crippen LogP contribution in [0.15, 0.2) is 35.3 Å². The van der Waals surface area contributed by atoms with Gasteiger partial charge in [0.15, 0.2) is 5.90 Å². The van der Waals surface area contributed by atoms with Gasteiger partial charge in [0.1, 0.15) is 6.61 Å². The molecule has 0 aliphatic carbocycles. The lowest BCUT2D eigenvalue weighted by Crippen LogP contribution is -2.29. The maximum atomic E-state index is 5.74. The molecule has 1 aromatic rings. The fourth-order valence-electron chi connectivity index (χ4n) is 1.88. The second-order valence-electron chi connectivity index (χ2n) is 5.51. The van der Waals surface area contributed by atoms with E-state index in [-0.39, 0.29) is 11.0 Å². The number of rotatable bonds is 2. The molecule has 0 amide bonds. The SMILES string of the molecule is CC1(C)COC(C(C)(C)c2ccccc2)=N1. The molecular formula is C14H19NO. The zero-order chi connectivity index (χ0) is 11.8. The minimum absolute atomic E-state index is 0.0820. The summed E-state index contributed by atoms with van der Waals surface area (Å²) in [5, 5.41) is 0. The quantitative estimate of drug-likeness (QED) is 0.745. The molecule has 0 saturated carbocycles.